The molecule has 0 saturated heterocycles. The monoisotopic (exact) mass is 593 g/mol. The van der Waals surface area contributed by atoms with Crippen molar-refractivity contribution in [2.45, 2.75) is 0 Å². The van der Waals surface area contributed by atoms with Gasteiger partial charge in [-0.2, -0.15) is 0 Å². The molecular weight excluding hydrogens is 566 g/mol. The van der Waals surface area contributed by atoms with Crippen molar-refractivity contribution in [2.24, 2.45) is 0 Å². The molecule has 0 fully saturated rings. The first-order chi connectivity index (χ1) is 21.9. The molecule has 0 aromatic heterocycles. The first-order valence-electron chi connectivity index (χ1n) is 14.0. The van der Waals surface area contributed by atoms with Gasteiger partial charge in [-0.25, -0.2) is 0 Å². The maximum absolute atomic E-state index is 13.3. The highest BCUT2D eigenvalue weighted by molar-refractivity contribution is 6.11. The number of hydrogen-bond acceptors (Lipinski definition) is 5. The molecule has 0 saturated carbocycles. The first-order valence-corrected chi connectivity index (χ1v) is 14.0. The Hall–Kier alpha value is -6.41. The number of carbonyl (C=O) groups excluding carboxylic acids is 3. The van der Waals surface area contributed by atoms with Crippen molar-refractivity contribution in [1.29, 1.82) is 0 Å². The van der Waals surface area contributed by atoms with Gasteiger partial charge in [0.25, 0.3) is 17.5 Å². The molecule has 0 spiro atoms. The van der Waals surface area contributed by atoms with Gasteiger partial charge in [0.2, 0.25) is 0 Å². The van der Waals surface area contributed by atoms with E-state index in [1.165, 1.54) is 36.4 Å². The molecule has 2 N–H and O–H groups in total. The molecule has 5 aromatic rings. The third-order valence-electron chi connectivity index (χ3n) is 6.82. The fraction of sp³-hybridized carbons (Fsp3) is 0. The number of nitrogens with zero attached hydrogens (tertiary/aromatic N) is 1. The van der Waals surface area contributed by atoms with Crippen LogP contribution in [0.5, 0.6) is 0 Å². The smallest absolute Gasteiger partial charge is 0.272 e. The minimum Gasteiger partial charge on any atom is -0.321 e. The molecule has 5 rings (SSSR count). The van der Waals surface area contributed by atoms with Crippen molar-refractivity contribution in [3.05, 3.63) is 178 Å². The molecule has 8 nitrogen and oxygen atoms in total. The summed E-state index contributed by atoms with van der Waals surface area (Å²) in [5.74, 6) is -1.31. The molecule has 2 amide bonds. The van der Waals surface area contributed by atoms with Crippen LogP contribution in [-0.4, -0.2) is 22.5 Å². The molecular formula is C37H27N3O5. The van der Waals surface area contributed by atoms with E-state index in [0.717, 1.165) is 16.7 Å². The fourth-order valence-electron chi connectivity index (χ4n) is 4.40. The summed E-state index contributed by atoms with van der Waals surface area (Å²) in [7, 11) is 0. The number of nitro benzene ring substituents is 1. The van der Waals surface area contributed by atoms with Gasteiger partial charge in [0, 0.05) is 28.9 Å². The Bertz CT molecular complexity index is 1880. The number of allylic oxidation sites excluding steroid dienone is 1. The van der Waals surface area contributed by atoms with E-state index in [9.17, 15) is 24.5 Å². The molecule has 5 aromatic carbocycles. The van der Waals surface area contributed by atoms with Crippen LogP contribution in [0.2, 0.25) is 0 Å². The molecule has 45 heavy (non-hydrogen) atoms. The van der Waals surface area contributed by atoms with Gasteiger partial charge in [0.15, 0.2) is 5.78 Å². The maximum Gasteiger partial charge on any atom is 0.272 e. The summed E-state index contributed by atoms with van der Waals surface area (Å²) in [6.07, 6.45) is 4.67. The lowest BCUT2D eigenvalue weighted by atomic mass is 10.0. The van der Waals surface area contributed by atoms with Crippen LogP contribution in [0.4, 0.5) is 11.4 Å². The van der Waals surface area contributed by atoms with Crippen LogP contribution in [0.1, 0.15) is 31.8 Å². The SMILES string of the molecule is O=C(Nc1ccc(C(=O)/C=C/c2ccc(-c3ccccc3)cc2)cc1)/C(=C/c1ccc([N+](=O)[O-])cc1)NC(=O)c1ccccc1. The summed E-state index contributed by atoms with van der Waals surface area (Å²) in [6, 6.07) is 38.3. The van der Waals surface area contributed by atoms with Crippen molar-refractivity contribution < 1.29 is 19.3 Å². The zero-order chi connectivity index (χ0) is 31.6. The Kier molecular flexibility index (Phi) is 9.47. The summed E-state index contributed by atoms with van der Waals surface area (Å²) < 4.78 is 0. The first kappa shape index (κ1) is 30.1. The lowest BCUT2D eigenvalue weighted by molar-refractivity contribution is -0.384. The number of anilines is 1. The molecule has 0 aliphatic rings. The largest absolute Gasteiger partial charge is 0.321 e. The lowest BCUT2D eigenvalue weighted by Gasteiger charge is -2.12. The van der Waals surface area contributed by atoms with Crippen molar-refractivity contribution >= 4 is 41.1 Å². The molecule has 0 aliphatic heterocycles. The zero-order valence-electron chi connectivity index (χ0n) is 23.9. The average molecular weight is 594 g/mol. The molecule has 0 atom stereocenters. The maximum atomic E-state index is 13.3. The van der Waals surface area contributed by atoms with Crippen LogP contribution in [0, 0.1) is 10.1 Å². The van der Waals surface area contributed by atoms with Gasteiger partial charge < -0.3 is 10.6 Å². The van der Waals surface area contributed by atoms with Crippen molar-refractivity contribution in [3.8, 4) is 11.1 Å². The number of rotatable bonds is 10. The van der Waals surface area contributed by atoms with Crippen LogP contribution >= 0.6 is 0 Å². The summed E-state index contributed by atoms with van der Waals surface area (Å²) in [6.45, 7) is 0. The van der Waals surface area contributed by atoms with E-state index in [0.29, 0.717) is 22.4 Å². The van der Waals surface area contributed by atoms with E-state index < -0.39 is 16.7 Å². The third kappa shape index (κ3) is 8.12. The number of nitro groups is 1. The number of nitrogens with one attached hydrogen (secondary N) is 2. The standard InChI is InChI=1S/C37H27N3O5/c41-35(24-15-26-11-16-29(17-12-26)28-7-3-1-4-8-28)30-18-20-32(21-19-30)38-37(43)34(39-36(42)31-9-5-2-6-10-31)25-27-13-22-33(23-14-27)40(44)45/h1-25H,(H,38,43)(H,39,42)/b24-15+,34-25-. The van der Waals surface area contributed by atoms with Gasteiger partial charge in [-0.3, -0.25) is 24.5 Å². The predicted molar refractivity (Wildman–Crippen MR) is 175 cm³/mol. The Labute approximate surface area is 259 Å². The number of hydrogen-bond donors (Lipinski definition) is 2. The summed E-state index contributed by atoms with van der Waals surface area (Å²) in [4.78, 5) is 49.4. The quantitative estimate of drug-likeness (QED) is 0.0749. The summed E-state index contributed by atoms with van der Waals surface area (Å²) >= 11 is 0. The van der Waals surface area contributed by atoms with Gasteiger partial charge >= 0.3 is 0 Å². The van der Waals surface area contributed by atoms with Gasteiger partial charge in [0.05, 0.1) is 4.92 Å². The molecule has 0 aliphatic carbocycles. The Morgan fingerprint density at radius 2 is 1.20 bits per heavy atom. The Morgan fingerprint density at radius 1 is 0.622 bits per heavy atom. The number of non-ortho nitro benzene ring substituents is 1. The number of amides is 2. The zero-order valence-corrected chi connectivity index (χ0v) is 23.9. The van der Waals surface area contributed by atoms with E-state index >= 15 is 0 Å². The van der Waals surface area contributed by atoms with Crippen LogP contribution in [0.15, 0.2) is 145 Å². The highest BCUT2D eigenvalue weighted by atomic mass is 16.6. The van der Waals surface area contributed by atoms with Crippen molar-refractivity contribution in [1.82, 2.24) is 5.32 Å². The lowest BCUT2D eigenvalue weighted by Crippen LogP contribution is -2.30. The van der Waals surface area contributed by atoms with Crippen LogP contribution in [0.3, 0.4) is 0 Å². The minimum atomic E-state index is -0.615. The van der Waals surface area contributed by atoms with Gasteiger partial charge in [-0.05, 0) is 82.9 Å². The molecule has 220 valence electrons. The normalized spacial score (nSPS) is 11.2. The highest BCUT2D eigenvalue weighted by Gasteiger charge is 2.16. The van der Waals surface area contributed by atoms with E-state index in [1.54, 1.807) is 60.7 Å². The topological polar surface area (TPSA) is 118 Å². The fourth-order valence-corrected chi connectivity index (χ4v) is 4.40. The second kappa shape index (κ2) is 14.2. The minimum absolute atomic E-state index is 0.0703. The van der Waals surface area contributed by atoms with Gasteiger partial charge in [0.1, 0.15) is 5.70 Å². The Morgan fingerprint density at radius 3 is 1.82 bits per heavy atom. The van der Waals surface area contributed by atoms with Gasteiger partial charge in [-0.1, -0.05) is 78.9 Å². The number of carbonyl (C=O) groups is 3. The average Bonchev–Trinajstić information content (AvgIpc) is 3.08. The molecule has 8 heteroatoms. The van der Waals surface area contributed by atoms with E-state index in [1.807, 2.05) is 54.6 Å². The second-order valence-electron chi connectivity index (χ2n) is 9.94. The summed E-state index contributed by atoms with van der Waals surface area (Å²) in [5.41, 5.74) is 4.58. The van der Waals surface area contributed by atoms with Crippen LogP contribution < -0.4 is 10.6 Å². The molecule has 0 unspecified atom stereocenters. The number of benzene rings is 5. The van der Waals surface area contributed by atoms with E-state index in [4.69, 9.17) is 0 Å². The van der Waals surface area contributed by atoms with Crippen LogP contribution in [0.25, 0.3) is 23.3 Å². The van der Waals surface area contributed by atoms with E-state index in [-0.39, 0.29) is 17.2 Å². The third-order valence-corrected chi connectivity index (χ3v) is 6.82. The second-order valence-corrected chi connectivity index (χ2v) is 9.94. The molecule has 0 bridgehead atoms. The van der Waals surface area contributed by atoms with Gasteiger partial charge in [-0.15, -0.1) is 0 Å². The van der Waals surface area contributed by atoms with Crippen molar-refractivity contribution in [3.63, 3.8) is 0 Å². The number of ketones is 1. The van der Waals surface area contributed by atoms with E-state index in [2.05, 4.69) is 10.6 Å². The highest BCUT2D eigenvalue weighted by Crippen LogP contribution is 2.20. The van der Waals surface area contributed by atoms with Crippen molar-refractivity contribution in [2.75, 3.05) is 5.32 Å². The molecule has 0 heterocycles. The Balaban J connectivity index is 1.27. The predicted octanol–water partition coefficient (Wildman–Crippen LogP) is 7.57. The van der Waals surface area contributed by atoms with Crippen LogP contribution in [-0.2, 0) is 4.79 Å². The molecule has 0 radical (unpaired) electrons. The summed E-state index contributed by atoms with van der Waals surface area (Å²) in [5, 5.41) is 16.4.